The molecule has 0 atom stereocenters. The molecule has 1 aromatic carbocycles. The van der Waals surface area contributed by atoms with Crippen molar-refractivity contribution in [2.24, 2.45) is 0 Å². The summed E-state index contributed by atoms with van der Waals surface area (Å²) in [6.07, 6.45) is 0.895. The molecule has 2 N–H and O–H groups in total. The lowest BCUT2D eigenvalue weighted by Gasteiger charge is -2.09. The molecule has 0 amide bonds. The molecule has 94 valence electrons. The highest BCUT2D eigenvalue weighted by Gasteiger charge is 2.11. The third kappa shape index (κ3) is 1.95. The summed E-state index contributed by atoms with van der Waals surface area (Å²) in [6.45, 7) is 3.49. The first-order valence-electron chi connectivity index (χ1n) is 5.68. The van der Waals surface area contributed by atoms with Crippen molar-refractivity contribution in [3.8, 4) is 11.6 Å². The van der Waals surface area contributed by atoms with Crippen molar-refractivity contribution in [3.05, 3.63) is 56.2 Å². The molecule has 0 aliphatic rings. The SMILES string of the molecule is CCc1ccc(-n2c(O)c(C)c(=O)[nH]c2=O)cc1. The molecule has 0 aliphatic heterocycles. The number of hydrogen-bond donors (Lipinski definition) is 2. The van der Waals surface area contributed by atoms with Crippen LogP contribution in [0.3, 0.4) is 0 Å². The number of nitrogens with zero attached hydrogens (tertiary/aromatic N) is 1. The van der Waals surface area contributed by atoms with Crippen LogP contribution in [0.2, 0.25) is 0 Å². The third-order valence-electron chi connectivity index (χ3n) is 2.91. The molecule has 0 unspecified atom stereocenters. The van der Waals surface area contributed by atoms with Crippen LogP contribution in [0.4, 0.5) is 0 Å². The molecule has 0 saturated carbocycles. The first-order valence-corrected chi connectivity index (χ1v) is 5.68. The Balaban J connectivity index is 2.67. The maximum Gasteiger partial charge on any atom is 0.335 e. The van der Waals surface area contributed by atoms with Gasteiger partial charge in [-0.15, -0.1) is 0 Å². The molecule has 5 heteroatoms. The zero-order chi connectivity index (χ0) is 13.3. The van der Waals surface area contributed by atoms with Crippen molar-refractivity contribution in [2.75, 3.05) is 0 Å². The summed E-state index contributed by atoms with van der Waals surface area (Å²) in [5, 5.41) is 9.88. The van der Waals surface area contributed by atoms with Crippen LogP contribution in [0.15, 0.2) is 33.9 Å². The maximum atomic E-state index is 11.7. The van der Waals surface area contributed by atoms with E-state index in [0.29, 0.717) is 5.69 Å². The highest BCUT2D eigenvalue weighted by atomic mass is 16.3. The van der Waals surface area contributed by atoms with E-state index in [0.717, 1.165) is 16.6 Å². The summed E-state index contributed by atoms with van der Waals surface area (Å²) in [5.41, 5.74) is 0.557. The van der Waals surface area contributed by atoms with E-state index in [2.05, 4.69) is 4.98 Å². The van der Waals surface area contributed by atoms with Gasteiger partial charge in [-0.3, -0.25) is 9.78 Å². The van der Waals surface area contributed by atoms with Crippen LogP contribution in [-0.4, -0.2) is 14.7 Å². The smallest absolute Gasteiger partial charge is 0.335 e. The minimum absolute atomic E-state index is 0.120. The first kappa shape index (κ1) is 12.2. The van der Waals surface area contributed by atoms with Crippen LogP contribution in [-0.2, 0) is 6.42 Å². The molecule has 0 spiro atoms. The van der Waals surface area contributed by atoms with Gasteiger partial charge in [0, 0.05) is 0 Å². The molecular weight excluding hydrogens is 232 g/mol. The van der Waals surface area contributed by atoms with E-state index >= 15 is 0 Å². The van der Waals surface area contributed by atoms with Crippen LogP contribution in [0.25, 0.3) is 5.69 Å². The highest BCUT2D eigenvalue weighted by molar-refractivity contribution is 5.39. The minimum atomic E-state index is -0.646. The predicted molar refractivity (Wildman–Crippen MR) is 68.4 cm³/mol. The van der Waals surface area contributed by atoms with E-state index in [4.69, 9.17) is 0 Å². The molecule has 1 aromatic heterocycles. The van der Waals surface area contributed by atoms with E-state index in [1.165, 1.54) is 6.92 Å². The largest absolute Gasteiger partial charge is 0.494 e. The van der Waals surface area contributed by atoms with Crippen molar-refractivity contribution in [2.45, 2.75) is 20.3 Å². The molecule has 0 bridgehead atoms. The zero-order valence-corrected chi connectivity index (χ0v) is 10.2. The number of aromatic nitrogens is 2. The van der Waals surface area contributed by atoms with Crippen molar-refractivity contribution >= 4 is 0 Å². The Kier molecular flexibility index (Phi) is 3.06. The van der Waals surface area contributed by atoms with Gasteiger partial charge in [-0.2, -0.15) is 0 Å². The van der Waals surface area contributed by atoms with Crippen molar-refractivity contribution in [1.29, 1.82) is 0 Å². The standard InChI is InChI=1S/C13H14N2O3/c1-3-9-4-6-10(7-5-9)15-12(17)8(2)11(16)14-13(15)18/h4-7,17H,3H2,1-2H3,(H,14,16,18). The normalized spacial score (nSPS) is 10.6. The molecule has 5 nitrogen and oxygen atoms in total. The molecular formula is C13H14N2O3. The van der Waals surface area contributed by atoms with Crippen LogP contribution in [0.5, 0.6) is 5.88 Å². The number of hydrogen-bond acceptors (Lipinski definition) is 3. The Morgan fingerprint density at radius 2 is 1.83 bits per heavy atom. The fraction of sp³-hybridized carbons (Fsp3) is 0.231. The van der Waals surface area contributed by atoms with Crippen molar-refractivity contribution in [1.82, 2.24) is 9.55 Å². The Morgan fingerprint density at radius 3 is 2.39 bits per heavy atom. The molecule has 2 rings (SSSR count). The van der Waals surface area contributed by atoms with Gasteiger partial charge < -0.3 is 5.11 Å². The number of nitrogens with one attached hydrogen (secondary N) is 1. The number of aryl methyl sites for hydroxylation is 1. The predicted octanol–water partition coefficient (Wildman–Crippen LogP) is 1.10. The fourth-order valence-electron chi connectivity index (χ4n) is 1.73. The van der Waals surface area contributed by atoms with E-state index in [1.807, 2.05) is 19.1 Å². The molecule has 2 aromatic rings. The lowest BCUT2D eigenvalue weighted by molar-refractivity contribution is 0.426. The molecule has 18 heavy (non-hydrogen) atoms. The fourth-order valence-corrected chi connectivity index (χ4v) is 1.73. The van der Waals surface area contributed by atoms with Gasteiger partial charge >= 0.3 is 5.69 Å². The van der Waals surface area contributed by atoms with E-state index in [9.17, 15) is 14.7 Å². The van der Waals surface area contributed by atoms with Gasteiger partial charge in [0.15, 0.2) is 0 Å². The number of rotatable bonds is 2. The Morgan fingerprint density at radius 1 is 1.22 bits per heavy atom. The monoisotopic (exact) mass is 246 g/mol. The van der Waals surface area contributed by atoms with Crippen molar-refractivity contribution < 1.29 is 5.11 Å². The Labute approximate surface area is 103 Å². The average molecular weight is 246 g/mol. The first-order chi connectivity index (χ1) is 8.54. The lowest BCUT2D eigenvalue weighted by Crippen LogP contribution is -2.30. The van der Waals surface area contributed by atoms with E-state index in [1.54, 1.807) is 12.1 Å². The van der Waals surface area contributed by atoms with Crippen LogP contribution >= 0.6 is 0 Å². The second-order valence-corrected chi connectivity index (χ2v) is 4.06. The summed E-state index contributed by atoms with van der Waals surface area (Å²) in [6, 6.07) is 7.22. The second-order valence-electron chi connectivity index (χ2n) is 4.06. The van der Waals surface area contributed by atoms with Gasteiger partial charge in [-0.05, 0) is 31.0 Å². The number of H-pyrrole nitrogens is 1. The summed E-state index contributed by atoms with van der Waals surface area (Å²) < 4.78 is 1.08. The highest BCUT2D eigenvalue weighted by Crippen LogP contribution is 2.16. The quantitative estimate of drug-likeness (QED) is 0.833. The van der Waals surface area contributed by atoms with Gasteiger partial charge in [0.2, 0.25) is 5.88 Å². The molecule has 1 heterocycles. The van der Waals surface area contributed by atoms with Crippen LogP contribution < -0.4 is 11.2 Å². The number of benzene rings is 1. The maximum absolute atomic E-state index is 11.7. The second kappa shape index (κ2) is 4.52. The third-order valence-corrected chi connectivity index (χ3v) is 2.91. The number of aromatic amines is 1. The molecule has 0 radical (unpaired) electrons. The topological polar surface area (TPSA) is 75.1 Å². The molecule has 0 saturated heterocycles. The molecule has 0 aliphatic carbocycles. The summed E-state index contributed by atoms with van der Waals surface area (Å²) in [7, 11) is 0. The van der Waals surface area contributed by atoms with Gasteiger partial charge in [0.1, 0.15) is 0 Å². The molecule has 0 fully saturated rings. The van der Waals surface area contributed by atoms with Crippen molar-refractivity contribution in [3.63, 3.8) is 0 Å². The average Bonchev–Trinajstić information content (AvgIpc) is 2.37. The lowest BCUT2D eigenvalue weighted by atomic mass is 10.1. The van der Waals surface area contributed by atoms with E-state index in [-0.39, 0.29) is 11.4 Å². The van der Waals surface area contributed by atoms with Gasteiger partial charge in [-0.1, -0.05) is 19.1 Å². The van der Waals surface area contributed by atoms with Crippen LogP contribution in [0, 0.1) is 6.92 Å². The summed E-state index contributed by atoms with van der Waals surface area (Å²) >= 11 is 0. The zero-order valence-electron chi connectivity index (χ0n) is 10.2. The number of aromatic hydroxyl groups is 1. The van der Waals surface area contributed by atoms with Crippen LogP contribution in [0.1, 0.15) is 18.1 Å². The van der Waals surface area contributed by atoms with Gasteiger partial charge in [0.05, 0.1) is 11.3 Å². The van der Waals surface area contributed by atoms with Gasteiger partial charge in [-0.25, -0.2) is 9.36 Å². The summed E-state index contributed by atoms with van der Waals surface area (Å²) in [4.78, 5) is 25.2. The minimum Gasteiger partial charge on any atom is -0.494 e. The Hall–Kier alpha value is -2.30. The van der Waals surface area contributed by atoms with E-state index < -0.39 is 11.2 Å². The summed E-state index contributed by atoms with van der Waals surface area (Å²) in [5.74, 6) is -0.326. The van der Waals surface area contributed by atoms with Gasteiger partial charge in [0.25, 0.3) is 5.56 Å². The Bertz CT molecular complexity index is 681.